The molecular formula is C22H23F3N2O2. The Bertz CT molecular complexity index is 877. The number of carbonyl (C=O) groups is 2. The van der Waals surface area contributed by atoms with Gasteiger partial charge in [-0.1, -0.05) is 18.2 Å². The minimum atomic E-state index is -4.43. The number of amides is 2. The molecule has 2 amide bonds. The van der Waals surface area contributed by atoms with Crippen LogP contribution < -0.4 is 10.6 Å². The summed E-state index contributed by atoms with van der Waals surface area (Å²) in [4.78, 5) is 24.1. The Labute approximate surface area is 167 Å². The molecule has 154 valence electrons. The smallest absolute Gasteiger partial charge is 0.354 e. The van der Waals surface area contributed by atoms with Gasteiger partial charge in [0.1, 0.15) is 0 Å². The van der Waals surface area contributed by atoms with E-state index in [9.17, 15) is 22.8 Å². The SMILES string of the molecule is O=C(Cc1ccc2c(c1)CCCC2)NCCNC(=O)c1ccc(C(F)(F)F)cc1. The third kappa shape index (κ3) is 5.82. The van der Waals surface area contributed by atoms with E-state index >= 15 is 0 Å². The molecule has 0 unspecified atom stereocenters. The van der Waals surface area contributed by atoms with Crippen LogP contribution in [0.15, 0.2) is 42.5 Å². The molecule has 0 bridgehead atoms. The van der Waals surface area contributed by atoms with Gasteiger partial charge in [0.2, 0.25) is 5.91 Å². The van der Waals surface area contributed by atoms with E-state index in [1.165, 1.54) is 24.0 Å². The second kappa shape index (κ2) is 9.11. The zero-order valence-electron chi connectivity index (χ0n) is 15.9. The molecule has 4 nitrogen and oxygen atoms in total. The predicted molar refractivity (Wildman–Crippen MR) is 104 cm³/mol. The summed E-state index contributed by atoms with van der Waals surface area (Å²) in [5.74, 6) is -0.618. The maximum atomic E-state index is 12.5. The standard InChI is InChI=1S/C22H23F3N2O2/c23-22(24,25)19-9-7-17(8-10-19)21(29)27-12-11-26-20(28)14-15-5-6-16-3-1-2-4-18(16)13-15/h5-10,13H,1-4,11-12,14H2,(H,26,28)(H,27,29). The second-order valence-electron chi connectivity index (χ2n) is 7.17. The van der Waals surface area contributed by atoms with E-state index in [1.807, 2.05) is 6.07 Å². The van der Waals surface area contributed by atoms with Crippen molar-refractivity contribution in [1.82, 2.24) is 10.6 Å². The zero-order valence-corrected chi connectivity index (χ0v) is 15.9. The summed E-state index contributed by atoms with van der Waals surface area (Å²) in [6.07, 6.45) is 0.394. The number of nitrogens with one attached hydrogen (secondary N) is 2. The van der Waals surface area contributed by atoms with Gasteiger partial charge in [0.05, 0.1) is 12.0 Å². The molecule has 0 fully saturated rings. The second-order valence-corrected chi connectivity index (χ2v) is 7.17. The normalized spacial score (nSPS) is 13.5. The third-order valence-corrected chi connectivity index (χ3v) is 4.98. The molecular weight excluding hydrogens is 381 g/mol. The highest BCUT2D eigenvalue weighted by molar-refractivity contribution is 5.94. The average Bonchev–Trinajstić information content (AvgIpc) is 2.70. The summed E-state index contributed by atoms with van der Waals surface area (Å²) in [5.41, 5.74) is 3.00. The van der Waals surface area contributed by atoms with Gasteiger partial charge in [-0.25, -0.2) is 0 Å². The molecule has 0 saturated heterocycles. The Morgan fingerprint density at radius 3 is 2.21 bits per heavy atom. The summed E-state index contributed by atoms with van der Waals surface area (Å²) in [6.45, 7) is 0.436. The van der Waals surface area contributed by atoms with Crippen LogP contribution in [0, 0.1) is 0 Å². The number of benzene rings is 2. The first kappa shape index (κ1) is 20.9. The number of hydrogen-bond acceptors (Lipinski definition) is 2. The number of rotatable bonds is 6. The number of alkyl halides is 3. The molecule has 3 rings (SSSR count). The van der Waals surface area contributed by atoms with Crippen molar-refractivity contribution in [1.29, 1.82) is 0 Å². The monoisotopic (exact) mass is 404 g/mol. The van der Waals surface area contributed by atoms with Gasteiger partial charge >= 0.3 is 6.18 Å². The van der Waals surface area contributed by atoms with E-state index in [4.69, 9.17) is 0 Å². The first-order chi connectivity index (χ1) is 13.8. The lowest BCUT2D eigenvalue weighted by atomic mass is 9.90. The van der Waals surface area contributed by atoms with Gasteiger partial charge in [0.25, 0.3) is 5.91 Å². The molecule has 0 saturated carbocycles. The van der Waals surface area contributed by atoms with Crippen LogP contribution in [0.2, 0.25) is 0 Å². The quantitative estimate of drug-likeness (QED) is 0.722. The van der Waals surface area contributed by atoms with Crippen molar-refractivity contribution in [3.05, 3.63) is 70.3 Å². The Balaban J connectivity index is 1.41. The van der Waals surface area contributed by atoms with Gasteiger partial charge in [0, 0.05) is 18.7 Å². The number of halogens is 3. The highest BCUT2D eigenvalue weighted by Crippen LogP contribution is 2.29. The molecule has 0 heterocycles. The number of aryl methyl sites for hydroxylation is 2. The number of fused-ring (bicyclic) bond motifs is 1. The van der Waals surface area contributed by atoms with Crippen LogP contribution in [0.25, 0.3) is 0 Å². The lowest BCUT2D eigenvalue weighted by Crippen LogP contribution is -2.35. The van der Waals surface area contributed by atoms with Crippen LogP contribution in [0.1, 0.15) is 45.5 Å². The molecule has 7 heteroatoms. The summed E-state index contributed by atoms with van der Waals surface area (Å²) in [5, 5.41) is 5.33. The van der Waals surface area contributed by atoms with Gasteiger partial charge < -0.3 is 10.6 Å². The van der Waals surface area contributed by atoms with Crippen LogP contribution in [0.3, 0.4) is 0 Å². The van der Waals surface area contributed by atoms with E-state index in [2.05, 4.69) is 22.8 Å². The fraction of sp³-hybridized carbons (Fsp3) is 0.364. The third-order valence-electron chi connectivity index (χ3n) is 4.98. The lowest BCUT2D eigenvalue weighted by Gasteiger charge is -2.16. The van der Waals surface area contributed by atoms with Crippen molar-refractivity contribution < 1.29 is 22.8 Å². The Hall–Kier alpha value is -2.83. The molecule has 0 radical (unpaired) electrons. The van der Waals surface area contributed by atoms with Crippen LogP contribution in [0.5, 0.6) is 0 Å². The summed E-state index contributed by atoms with van der Waals surface area (Å²) in [6, 6.07) is 10.2. The van der Waals surface area contributed by atoms with Crippen LogP contribution in [-0.4, -0.2) is 24.9 Å². The Morgan fingerprint density at radius 1 is 0.862 bits per heavy atom. The van der Waals surface area contributed by atoms with Gasteiger partial charge in [-0.15, -0.1) is 0 Å². The van der Waals surface area contributed by atoms with E-state index in [-0.39, 0.29) is 31.0 Å². The molecule has 29 heavy (non-hydrogen) atoms. The van der Waals surface area contributed by atoms with Crippen molar-refractivity contribution >= 4 is 11.8 Å². The van der Waals surface area contributed by atoms with Crippen LogP contribution >= 0.6 is 0 Å². The largest absolute Gasteiger partial charge is 0.416 e. The Kier molecular flexibility index (Phi) is 6.56. The molecule has 1 aliphatic carbocycles. The van der Waals surface area contributed by atoms with Gasteiger partial charge in [-0.05, 0) is 66.6 Å². The highest BCUT2D eigenvalue weighted by atomic mass is 19.4. The summed E-state index contributed by atoms with van der Waals surface area (Å²) in [7, 11) is 0. The molecule has 0 aromatic heterocycles. The number of carbonyl (C=O) groups excluding carboxylic acids is 2. The van der Waals surface area contributed by atoms with E-state index < -0.39 is 17.6 Å². The van der Waals surface area contributed by atoms with Crippen LogP contribution in [-0.2, 0) is 30.2 Å². The molecule has 0 aliphatic heterocycles. The first-order valence-electron chi connectivity index (χ1n) is 9.66. The topological polar surface area (TPSA) is 58.2 Å². The van der Waals surface area contributed by atoms with Crippen LogP contribution in [0.4, 0.5) is 13.2 Å². The van der Waals surface area contributed by atoms with E-state index in [1.54, 1.807) is 0 Å². The van der Waals surface area contributed by atoms with E-state index in [0.717, 1.165) is 42.7 Å². The molecule has 0 atom stereocenters. The van der Waals surface area contributed by atoms with Gasteiger partial charge in [0.15, 0.2) is 0 Å². The van der Waals surface area contributed by atoms with Crippen molar-refractivity contribution in [3.63, 3.8) is 0 Å². The van der Waals surface area contributed by atoms with Crippen molar-refractivity contribution in [2.75, 3.05) is 13.1 Å². The van der Waals surface area contributed by atoms with Gasteiger partial charge in [-0.3, -0.25) is 9.59 Å². The number of hydrogen-bond donors (Lipinski definition) is 2. The van der Waals surface area contributed by atoms with Crippen molar-refractivity contribution in [2.45, 2.75) is 38.3 Å². The average molecular weight is 404 g/mol. The minimum Gasteiger partial charge on any atom is -0.354 e. The van der Waals surface area contributed by atoms with Gasteiger partial charge in [-0.2, -0.15) is 13.2 Å². The lowest BCUT2D eigenvalue weighted by molar-refractivity contribution is -0.137. The molecule has 2 aromatic carbocycles. The molecule has 1 aliphatic rings. The Morgan fingerprint density at radius 2 is 1.52 bits per heavy atom. The predicted octanol–water partition coefficient (Wildman–Crippen LogP) is 3.67. The maximum absolute atomic E-state index is 12.5. The van der Waals surface area contributed by atoms with Crippen molar-refractivity contribution in [2.24, 2.45) is 0 Å². The fourth-order valence-corrected chi connectivity index (χ4v) is 3.44. The zero-order chi connectivity index (χ0) is 20.9. The molecule has 2 N–H and O–H groups in total. The summed E-state index contributed by atoms with van der Waals surface area (Å²) >= 11 is 0. The minimum absolute atomic E-state index is 0.135. The molecule has 2 aromatic rings. The fourth-order valence-electron chi connectivity index (χ4n) is 3.44. The van der Waals surface area contributed by atoms with Crippen molar-refractivity contribution in [3.8, 4) is 0 Å². The van der Waals surface area contributed by atoms with E-state index in [0.29, 0.717) is 0 Å². The highest BCUT2D eigenvalue weighted by Gasteiger charge is 2.30. The maximum Gasteiger partial charge on any atom is 0.416 e. The summed E-state index contributed by atoms with van der Waals surface area (Å²) < 4.78 is 37.6. The first-order valence-corrected chi connectivity index (χ1v) is 9.66. The molecule has 0 spiro atoms.